The SMILES string of the molecule is OCCC#Cc1ccc(CN2CCCC(O)C2)s1. The Kier molecular flexibility index (Phi) is 5.21. The van der Waals surface area contributed by atoms with Crippen LogP contribution in [0.15, 0.2) is 12.1 Å². The monoisotopic (exact) mass is 265 g/mol. The molecule has 0 bridgehead atoms. The van der Waals surface area contributed by atoms with Crippen LogP contribution in [0.5, 0.6) is 0 Å². The van der Waals surface area contributed by atoms with Crippen LogP contribution in [0.1, 0.15) is 29.0 Å². The first kappa shape index (κ1) is 13.6. The van der Waals surface area contributed by atoms with E-state index in [1.54, 1.807) is 11.3 Å². The topological polar surface area (TPSA) is 43.7 Å². The third kappa shape index (κ3) is 4.11. The number of hydrogen-bond donors (Lipinski definition) is 2. The first-order valence-electron chi connectivity index (χ1n) is 6.37. The van der Waals surface area contributed by atoms with Gasteiger partial charge in [-0.3, -0.25) is 4.90 Å². The van der Waals surface area contributed by atoms with Gasteiger partial charge in [0.15, 0.2) is 0 Å². The maximum absolute atomic E-state index is 9.62. The number of aliphatic hydroxyl groups is 2. The standard InChI is InChI=1S/C14H19NO2S/c16-9-2-1-5-13-6-7-14(18-13)11-15-8-3-4-12(17)10-15/h6-7,12,16-17H,2-4,8-11H2. The highest BCUT2D eigenvalue weighted by Gasteiger charge is 2.17. The van der Waals surface area contributed by atoms with Gasteiger partial charge in [-0.05, 0) is 31.5 Å². The van der Waals surface area contributed by atoms with E-state index < -0.39 is 0 Å². The van der Waals surface area contributed by atoms with Crippen molar-refractivity contribution in [3.8, 4) is 11.8 Å². The molecule has 0 radical (unpaired) electrons. The summed E-state index contributed by atoms with van der Waals surface area (Å²) >= 11 is 1.70. The number of rotatable bonds is 3. The van der Waals surface area contributed by atoms with Crippen molar-refractivity contribution >= 4 is 11.3 Å². The molecule has 0 aliphatic carbocycles. The van der Waals surface area contributed by atoms with Crippen molar-refractivity contribution < 1.29 is 10.2 Å². The second kappa shape index (κ2) is 6.91. The van der Waals surface area contributed by atoms with E-state index in [-0.39, 0.29) is 12.7 Å². The Hall–Kier alpha value is -0.860. The van der Waals surface area contributed by atoms with Crippen LogP contribution in [0.3, 0.4) is 0 Å². The van der Waals surface area contributed by atoms with Crippen molar-refractivity contribution in [2.45, 2.75) is 31.9 Å². The molecule has 1 saturated heterocycles. The zero-order valence-corrected chi connectivity index (χ0v) is 11.2. The first-order chi connectivity index (χ1) is 8.78. The van der Waals surface area contributed by atoms with Gasteiger partial charge in [0, 0.05) is 24.4 Å². The number of likely N-dealkylation sites (tertiary alicyclic amines) is 1. The molecule has 1 unspecified atom stereocenters. The van der Waals surface area contributed by atoms with Crippen LogP contribution < -0.4 is 0 Å². The number of hydrogen-bond acceptors (Lipinski definition) is 4. The predicted molar refractivity (Wildman–Crippen MR) is 73.4 cm³/mol. The molecule has 18 heavy (non-hydrogen) atoms. The second-order valence-corrected chi connectivity index (χ2v) is 5.74. The fourth-order valence-electron chi connectivity index (χ4n) is 2.13. The van der Waals surface area contributed by atoms with Gasteiger partial charge in [-0.15, -0.1) is 11.3 Å². The second-order valence-electron chi connectivity index (χ2n) is 4.57. The van der Waals surface area contributed by atoms with E-state index in [2.05, 4.69) is 22.8 Å². The van der Waals surface area contributed by atoms with Crippen molar-refractivity contribution in [2.24, 2.45) is 0 Å². The third-order valence-corrected chi connectivity index (χ3v) is 3.96. The zero-order chi connectivity index (χ0) is 12.8. The van der Waals surface area contributed by atoms with Crippen molar-refractivity contribution in [3.63, 3.8) is 0 Å². The molecule has 2 rings (SSSR count). The van der Waals surface area contributed by atoms with E-state index in [1.165, 1.54) is 4.88 Å². The summed E-state index contributed by atoms with van der Waals surface area (Å²) in [5, 5.41) is 18.3. The summed E-state index contributed by atoms with van der Waals surface area (Å²) in [4.78, 5) is 4.64. The van der Waals surface area contributed by atoms with Crippen LogP contribution in [0, 0.1) is 11.8 Å². The zero-order valence-electron chi connectivity index (χ0n) is 10.4. The lowest BCUT2D eigenvalue weighted by atomic mass is 10.1. The maximum Gasteiger partial charge on any atom is 0.0771 e. The molecular weight excluding hydrogens is 246 g/mol. The lowest BCUT2D eigenvalue weighted by molar-refractivity contribution is 0.0673. The summed E-state index contributed by atoms with van der Waals surface area (Å²) in [6, 6.07) is 4.14. The van der Waals surface area contributed by atoms with Crippen LogP contribution in [-0.4, -0.2) is 40.9 Å². The molecule has 0 amide bonds. The van der Waals surface area contributed by atoms with Gasteiger partial charge >= 0.3 is 0 Å². The smallest absolute Gasteiger partial charge is 0.0771 e. The summed E-state index contributed by atoms with van der Waals surface area (Å²) < 4.78 is 0. The molecule has 1 atom stereocenters. The molecule has 2 N–H and O–H groups in total. The van der Waals surface area contributed by atoms with Gasteiger partial charge in [-0.1, -0.05) is 11.8 Å². The Bertz CT molecular complexity index is 432. The summed E-state index contributed by atoms with van der Waals surface area (Å²) in [5.41, 5.74) is 0. The lowest BCUT2D eigenvalue weighted by Crippen LogP contribution is -2.37. The summed E-state index contributed by atoms with van der Waals surface area (Å²) in [7, 11) is 0. The van der Waals surface area contributed by atoms with E-state index in [4.69, 9.17) is 5.11 Å². The molecule has 2 heterocycles. The average Bonchev–Trinajstić information content (AvgIpc) is 2.77. The van der Waals surface area contributed by atoms with E-state index in [0.717, 1.165) is 37.4 Å². The van der Waals surface area contributed by atoms with Gasteiger partial charge in [0.05, 0.1) is 17.6 Å². The molecular formula is C14H19NO2S. The van der Waals surface area contributed by atoms with Gasteiger partial charge in [0.1, 0.15) is 0 Å². The third-order valence-electron chi connectivity index (χ3n) is 2.97. The van der Waals surface area contributed by atoms with Crippen molar-refractivity contribution in [1.29, 1.82) is 0 Å². The number of piperidine rings is 1. The van der Waals surface area contributed by atoms with Crippen molar-refractivity contribution in [2.75, 3.05) is 19.7 Å². The van der Waals surface area contributed by atoms with Crippen LogP contribution in [0.2, 0.25) is 0 Å². The molecule has 0 spiro atoms. The summed E-state index contributed by atoms with van der Waals surface area (Å²) in [5.74, 6) is 5.98. The Morgan fingerprint density at radius 1 is 1.44 bits per heavy atom. The molecule has 98 valence electrons. The normalized spacial score (nSPS) is 20.4. The molecule has 1 aromatic heterocycles. The van der Waals surface area contributed by atoms with Crippen LogP contribution >= 0.6 is 11.3 Å². The average molecular weight is 265 g/mol. The van der Waals surface area contributed by atoms with Gasteiger partial charge < -0.3 is 10.2 Å². The minimum absolute atomic E-state index is 0.122. The largest absolute Gasteiger partial charge is 0.395 e. The lowest BCUT2D eigenvalue weighted by Gasteiger charge is -2.29. The number of aliphatic hydroxyl groups excluding tert-OH is 2. The van der Waals surface area contributed by atoms with Gasteiger partial charge in [0.2, 0.25) is 0 Å². The molecule has 3 nitrogen and oxygen atoms in total. The Morgan fingerprint density at radius 2 is 2.33 bits per heavy atom. The number of β-amino-alcohol motifs (C(OH)–C–C–N with tert-alkyl or cyclic N) is 1. The summed E-state index contributed by atoms with van der Waals surface area (Å²) in [6.07, 6.45) is 2.38. The Morgan fingerprint density at radius 3 is 3.11 bits per heavy atom. The highest BCUT2D eigenvalue weighted by molar-refractivity contribution is 7.12. The minimum atomic E-state index is -0.164. The van der Waals surface area contributed by atoms with E-state index in [9.17, 15) is 5.11 Å². The fourth-order valence-corrected chi connectivity index (χ4v) is 3.06. The van der Waals surface area contributed by atoms with Gasteiger partial charge in [-0.2, -0.15) is 0 Å². The minimum Gasteiger partial charge on any atom is -0.395 e. The summed E-state index contributed by atoms with van der Waals surface area (Å²) in [6.45, 7) is 2.88. The van der Waals surface area contributed by atoms with E-state index in [0.29, 0.717) is 6.42 Å². The van der Waals surface area contributed by atoms with Crippen LogP contribution in [-0.2, 0) is 6.54 Å². The van der Waals surface area contributed by atoms with E-state index in [1.807, 2.05) is 6.07 Å². The first-order valence-corrected chi connectivity index (χ1v) is 7.18. The maximum atomic E-state index is 9.62. The van der Waals surface area contributed by atoms with Gasteiger partial charge in [-0.25, -0.2) is 0 Å². The predicted octanol–water partition coefficient (Wildman–Crippen LogP) is 1.44. The molecule has 0 saturated carbocycles. The number of thiophene rings is 1. The van der Waals surface area contributed by atoms with Crippen molar-refractivity contribution in [3.05, 3.63) is 21.9 Å². The molecule has 0 aromatic carbocycles. The highest BCUT2D eigenvalue weighted by atomic mass is 32.1. The molecule has 1 aliphatic heterocycles. The van der Waals surface area contributed by atoms with Crippen LogP contribution in [0.4, 0.5) is 0 Å². The molecule has 4 heteroatoms. The van der Waals surface area contributed by atoms with Crippen molar-refractivity contribution in [1.82, 2.24) is 4.90 Å². The van der Waals surface area contributed by atoms with E-state index >= 15 is 0 Å². The number of nitrogens with zero attached hydrogens (tertiary/aromatic N) is 1. The Balaban J connectivity index is 1.88. The quantitative estimate of drug-likeness (QED) is 0.813. The Labute approximate surface area is 112 Å². The van der Waals surface area contributed by atoms with Gasteiger partial charge in [0.25, 0.3) is 0 Å². The highest BCUT2D eigenvalue weighted by Crippen LogP contribution is 2.20. The fraction of sp³-hybridized carbons (Fsp3) is 0.571. The molecule has 1 aromatic rings. The molecule has 1 aliphatic rings. The molecule has 1 fully saturated rings. The van der Waals surface area contributed by atoms with Crippen LogP contribution in [0.25, 0.3) is 0 Å².